The Morgan fingerprint density at radius 1 is 1.44 bits per heavy atom. The zero-order valence-corrected chi connectivity index (χ0v) is 5.76. The molecule has 0 aliphatic heterocycles. The van der Waals surface area contributed by atoms with Crippen LogP contribution in [0.25, 0.3) is 0 Å². The predicted molar refractivity (Wildman–Crippen MR) is 34.4 cm³/mol. The fourth-order valence-corrected chi connectivity index (χ4v) is 0.852. The minimum Gasteiger partial charge on any atom is -0.255 e. The molecule has 1 rings (SSSR count). The van der Waals surface area contributed by atoms with Crippen molar-refractivity contribution in [3.8, 4) is 0 Å². The van der Waals surface area contributed by atoms with E-state index < -0.39 is 10.8 Å². The number of hydrogen-bond acceptors (Lipinski definition) is 3. The van der Waals surface area contributed by atoms with Gasteiger partial charge in [0.2, 0.25) is 0 Å². The van der Waals surface area contributed by atoms with Crippen LogP contribution in [0.3, 0.4) is 0 Å². The summed E-state index contributed by atoms with van der Waals surface area (Å²) in [5.74, 6) is 0. The largest absolute Gasteiger partial charge is 0.255 e. The highest BCUT2D eigenvalue weighted by Gasteiger charge is 1.93. The first-order chi connectivity index (χ1) is 4.30. The Balaban J connectivity index is 2.98. The fraction of sp³-hybridized carbons (Fsp3) is 0.200. The lowest BCUT2D eigenvalue weighted by Gasteiger charge is -1.89. The van der Waals surface area contributed by atoms with Crippen molar-refractivity contribution >= 4 is 10.8 Å². The summed E-state index contributed by atoms with van der Waals surface area (Å²) >= 11 is 0. The van der Waals surface area contributed by atoms with E-state index in [9.17, 15) is 4.21 Å². The van der Waals surface area contributed by atoms with Crippen LogP contribution in [0.5, 0.6) is 0 Å². The second-order valence-electron chi connectivity index (χ2n) is 1.53. The van der Waals surface area contributed by atoms with Crippen molar-refractivity contribution in [3.63, 3.8) is 0 Å². The summed E-state index contributed by atoms with van der Waals surface area (Å²) in [7, 11) is -0.954. The summed E-state index contributed by atoms with van der Waals surface area (Å²) in [6.07, 6.45) is 6.10. The summed E-state index contributed by atoms with van der Waals surface area (Å²) in [6, 6.07) is 0. The van der Waals surface area contributed by atoms with Gasteiger partial charge in [-0.25, -0.2) is 9.97 Å². The van der Waals surface area contributed by atoms with Gasteiger partial charge in [0, 0.05) is 18.6 Å². The highest BCUT2D eigenvalue weighted by Crippen LogP contribution is 1.96. The van der Waals surface area contributed by atoms with Gasteiger partial charge in [-0.15, -0.1) is 0 Å². The van der Waals surface area contributed by atoms with Crippen LogP contribution in [0.15, 0.2) is 23.6 Å². The van der Waals surface area contributed by atoms with E-state index in [0.29, 0.717) is 4.90 Å². The Morgan fingerprint density at radius 3 is 2.33 bits per heavy atom. The summed E-state index contributed by atoms with van der Waals surface area (Å²) in [5, 5.41) is 0. The van der Waals surface area contributed by atoms with Gasteiger partial charge in [-0.05, 0) is 0 Å². The number of rotatable bonds is 1. The number of hydrogen-bond donors (Lipinski definition) is 0. The Morgan fingerprint density at radius 2 is 2.00 bits per heavy atom. The molecular weight excluding hydrogens is 136 g/mol. The van der Waals surface area contributed by atoms with Crippen molar-refractivity contribution in [2.24, 2.45) is 0 Å². The molecule has 1 atom stereocenters. The molecule has 0 aliphatic rings. The Kier molecular flexibility index (Phi) is 1.89. The van der Waals surface area contributed by atoms with E-state index in [1.165, 1.54) is 6.33 Å². The van der Waals surface area contributed by atoms with Crippen LogP contribution in [0, 0.1) is 0 Å². The first-order valence-corrected chi connectivity index (χ1v) is 3.95. The zero-order valence-electron chi connectivity index (χ0n) is 4.94. The smallest absolute Gasteiger partial charge is 0.115 e. The van der Waals surface area contributed by atoms with Crippen molar-refractivity contribution < 1.29 is 4.21 Å². The molecule has 0 aliphatic carbocycles. The number of nitrogens with zero attached hydrogens (tertiary/aromatic N) is 2. The van der Waals surface area contributed by atoms with Gasteiger partial charge >= 0.3 is 0 Å². The Hall–Kier alpha value is -0.770. The molecule has 0 saturated heterocycles. The third-order valence-corrected chi connectivity index (χ3v) is 1.74. The molecule has 4 heteroatoms. The van der Waals surface area contributed by atoms with E-state index in [2.05, 4.69) is 9.97 Å². The molecule has 1 aromatic heterocycles. The molecule has 0 unspecified atom stereocenters. The third kappa shape index (κ3) is 1.57. The normalized spacial score (nSPS) is 13.0. The van der Waals surface area contributed by atoms with Gasteiger partial charge in [0.1, 0.15) is 6.33 Å². The molecule has 0 N–H and O–H groups in total. The van der Waals surface area contributed by atoms with Gasteiger partial charge in [0.25, 0.3) is 0 Å². The lowest BCUT2D eigenvalue weighted by atomic mass is 10.7. The summed E-state index contributed by atoms with van der Waals surface area (Å²) in [4.78, 5) is 8.07. The van der Waals surface area contributed by atoms with Crippen molar-refractivity contribution in [2.45, 2.75) is 4.90 Å². The van der Waals surface area contributed by atoms with Crippen LogP contribution >= 0.6 is 0 Å². The summed E-state index contributed by atoms with van der Waals surface area (Å²) in [6.45, 7) is 0. The van der Waals surface area contributed by atoms with Gasteiger partial charge in [-0.3, -0.25) is 4.21 Å². The van der Waals surface area contributed by atoms with Crippen LogP contribution < -0.4 is 0 Å². The van der Waals surface area contributed by atoms with Crippen LogP contribution in [-0.2, 0) is 10.8 Å². The molecule has 48 valence electrons. The van der Waals surface area contributed by atoms with Gasteiger partial charge in [0.15, 0.2) is 0 Å². The van der Waals surface area contributed by atoms with Crippen LogP contribution in [0.2, 0.25) is 0 Å². The fourth-order valence-electron chi connectivity index (χ4n) is 0.434. The van der Waals surface area contributed by atoms with Crippen molar-refractivity contribution in [2.75, 3.05) is 6.26 Å². The average Bonchev–Trinajstić information content (AvgIpc) is 1.90. The van der Waals surface area contributed by atoms with Crippen molar-refractivity contribution in [1.82, 2.24) is 9.97 Å². The summed E-state index contributed by atoms with van der Waals surface area (Å²) in [5.41, 5.74) is 0. The van der Waals surface area contributed by atoms with Gasteiger partial charge < -0.3 is 0 Å². The second-order valence-corrected chi connectivity index (χ2v) is 2.91. The molecule has 0 spiro atoms. The molecule has 0 bridgehead atoms. The van der Waals surface area contributed by atoms with E-state index in [0.717, 1.165) is 0 Å². The second kappa shape index (κ2) is 2.68. The maximum absolute atomic E-state index is 10.7. The van der Waals surface area contributed by atoms with Crippen LogP contribution in [0.4, 0.5) is 0 Å². The molecule has 1 aromatic rings. The van der Waals surface area contributed by atoms with Crippen LogP contribution in [0.1, 0.15) is 0 Å². The van der Waals surface area contributed by atoms with E-state index in [1.54, 1.807) is 18.6 Å². The SMILES string of the molecule is C[S@@](=O)c1cncnc1. The molecule has 0 radical (unpaired) electrons. The quantitative estimate of drug-likeness (QED) is 0.563. The van der Waals surface area contributed by atoms with Crippen molar-refractivity contribution in [1.29, 1.82) is 0 Å². The molecular formula is C5H6N2OS. The molecule has 0 amide bonds. The van der Waals surface area contributed by atoms with E-state index in [1.807, 2.05) is 0 Å². The molecule has 1 heterocycles. The Labute approximate surface area is 55.6 Å². The molecule has 3 nitrogen and oxygen atoms in total. The minimum absolute atomic E-state index is 0.664. The molecule has 9 heavy (non-hydrogen) atoms. The third-order valence-electron chi connectivity index (χ3n) is 0.869. The highest BCUT2D eigenvalue weighted by atomic mass is 32.2. The maximum Gasteiger partial charge on any atom is 0.115 e. The Bertz CT molecular complexity index is 211. The molecule has 0 aromatic carbocycles. The van der Waals surface area contributed by atoms with E-state index in [4.69, 9.17) is 0 Å². The van der Waals surface area contributed by atoms with Gasteiger partial charge in [0.05, 0.1) is 15.7 Å². The lowest BCUT2D eigenvalue weighted by molar-refractivity contribution is 0.686. The average molecular weight is 142 g/mol. The van der Waals surface area contributed by atoms with Crippen molar-refractivity contribution in [3.05, 3.63) is 18.7 Å². The zero-order chi connectivity index (χ0) is 6.69. The molecule has 0 fully saturated rings. The molecule has 0 saturated carbocycles. The van der Waals surface area contributed by atoms with E-state index in [-0.39, 0.29) is 0 Å². The minimum atomic E-state index is -0.954. The van der Waals surface area contributed by atoms with Crippen LogP contribution in [-0.4, -0.2) is 20.4 Å². The first kappa shape index (κ1) is 6.35. The lowest BCUT2D eigenvalue weighted by Crippen LogP contribution is -1.88. The topological polar surface area (TPSA) is 42.9 Å². The standard InChI is InChI=1S/C5H6N2OS/c1-9(8)5-2-6-4-7-3-5/h2-4H,1H3/t9-/m1/s1. The summed E-state index contributed by atoms with van der Waals surface area (Å²) < 4.78 is 10.7. The monoisotopic (exact) mass is 142 g/mol. The van der Waals surface area contributed by atoms with E-state index >= 15 is 0 Å². The highest BCUT2D eigenvalue weighted by molar-refractivity contribution is 7.84. The first-order valence-electron chi connectivity index (χ1n) is 2.39. The maximum atomic E-state index is 10.7. The predicted octanol–water partition coefficient (Wildman–Crippen LogP) is 0.214. The van der Waals surface area contributed by atoms with Gasteiger partial charge in [-0.2, -0.15) is 0 Å². The number of aromatic nitrogens is 2. The van der Waals surface area contributed by atoms with Gasteiger partial charge in [-0.1, -0.05) is 0 Å².